The predicted octanol–water partition coefficient (Wildman–Crippen LogP) is 3.11. The van der Waals surface area contributed by atoms with Crippen molar-refractivity contribution in [1.29, 1.82) is 0 Å². The monoisotopic (exact) mass is 234 g/mol. The third-order valence-corrected chi connectivity index (χ3v) is 3.83. The Morgan fingerprint density at radius 1 is 0.857 bits per heavy atom. The van der Waals surface area contributed by atoms with Crippen molar-refractivity contribution in [3.8, 4) is 0 Å². The van der Waals surface area contributed by atoms with Crippen LogP contribution < -0.4 is 0 Å². The molecule has 0 aliphatic heterocycles. The van der Waals surface area contributed by atoms with E-state index in [4.69, 9.17) is 0 Å². The van der Waals surface area contributed by atoms with E-state index in [1.165, 1.54) is 21.6 Å². The fourth-order valence-corrected chi connectivity index (χ4v) is 2.92. The Balaban J connectivity index is 3.28. The summed E-state index contributed by atoms with van der Waals surface area (Å²) >= 11 is 0. The molecule has 0 aromatic carbocycles. The second-order valence-corrected chi connectivity index (χ2v) is 5.56. The van der Waals surface area contributed by atoms with Gasteiger partial charge in [-0.3, -0.25) is 9.59 Å². The Labute approximate surface area is 94.0 Å². The minimum absolute atomic E-state index is 0.285. The number of ketones is 2. The minimum atomic E-state index is 0.285. The van der Waals surface area contributed by atoms with Crippen LogP contribution in [0.3, 0.4) is 0 Å². The lowest BCUT2D eigenvalue weighted by molar-refractivity contribution is -0.117. The second kappa shape index (κ2) is 9.59. The summed E-state index contributed by atoms with van der Waals surface area (Å²) in [5.74, 6) is 1.65. The lowest BCUT2D eigenvalue weighted by Crippen LogP contribution is -2.01. The Hall–Kier alpha value is 0.0400. The lowest BCUT2D eigenvalue weighted by atomic mass is 10.3. The first-order valence-corrected chi connectivity index (χ1v) is 7.47. The van der Waals surface area contributed by atoms with E-state index in [9.17, 15) is 9.59 Å². The van der Waals surface area contributed by atoms with Crippen LogP contribution in [-0.4, -0.2) is 23.1 Å². The van der Waals surface area contributed by atoms with Crippen molar-refractivity contribution in [1.82, 2.24) is 0 Å². The van der Waals surface area contributed by atoms with Gasteiger partial charge in [-0.1, -0.05) is 35.4 Å². The van der Waals surface area contributed by atoms with Crippen LogP contribution in [0.2, 0.25) is 0 Å². The molecule has 0 bridgehead atoms. The molecular weight excluding hydrogens is 216 g/mol. The molecule has 14 heavy (non-hydrogen) atoms. The summed E-state index contributed by atoms with van der Waals surface area (Å²) in [6.45, 7) is 4.00. The largest absolute Gasteiger partial charge is 0.299 e. The molecular formula is C10H18O2S2. The topological polar surface area (TPSA) is 34.1 Å². The Morgan fingerprint density at radius 3 is 1.50 bits per heavy atom. The van der Waals surface area contributed by atoms with Gasteiger partial charge >= 0.3 is 0 Å². The molecule has 0 N–H and O–H groups in total. The maximum absolute atomic E-state index is 11.1. The Morgan fingerprint density at radius 2 is 1.21 bits per heavy atom. The molecule has 0 heterocycles. The zero-order valence-electron chi connectivity index (χ0n) is 8.88. The van der Waals surface area contributed by atoms with Crippen molar-refractivity contribution < 1.29 is 9.59 Å². The molecule has 2 nitrogen and oxygen atoms in total. The van der Waals surface area contributed by atoms with E-state index < -0.39 is 0 Å². The summed E-state index contributed by atoms with van der Waals surface area (Å²) in [7, 11) is 3.00. The number of carbonyl (C=O) groups is 2. The van der Waals surface area contributed by atoms with Crippen LogP contribution in [0.25, 0.3) is 0 Å². The van der Waals surface area contributed by atoms with E-state index in [0.717, 1.165) is 12.8 Å². The molecule has 0 aromatic rings. The van der Waals surface area contributed by atoms with Gasteiger partial charge in [-0.15, -0.1) is 0 Å². The van der Waals surface area contributed by atoms with Gasteiger partial charge in [0.1, 0.15) is 11.6 Å². The summed E-state index contributed by atoms with van der Waals surface area (Å²) in [6.07, 6.45) is 3.16. The van der Waals surface area contributed by atoms with Crippen LogP contribution in [0.1, 0.15) is 39.5 Å². The molecule has 0 rings (SSSR count). The molecule has 0 aliphatic rings. The van der Waals surface area contributed by atoms with Crippen LogP contribution in [0.15, 0.2) is 0 Å². The molecule has 0 unspecified atom stereocenters. The van der Waals surface area contributed by atoms with E-state index in [0.29, 0.717) is 24.3 Å². The first-order chi connectivity index (χ1) is 6.70. The molecule has 0 amide bonds. The highest BCUT2D eigenvalue weighted by atomic mass is 33.1. The third-order valence-electron chi connectivity index (χ3n) is 1.58. The molecule has 0 saturated heterocycles. The fraction of sp³-hybridized carbons (Fsp3) is 0.800. The van der Waals surface area contributed by atoms with Crippen molar-refractivity contribution in [2.24, 2.45) is 0 Å². The summed E-state index contributed by atoms with van der Waals surface area (Å²) in [5, 5.41) is 0. The first kappa shape index (κ1) is 14.0. The summed E-state index contributed by atoms with van der Waals surface area (Å²) in [4.78, 5) is 22.2. The fourth-order valence-electron chi connectivity index (χ4n) is 0.917. The highest BCUT2D eigenvalue weighted by Crippen LogP contribution is 2.22. The third kappa shape index (κ3) is 8.63. The average molecular weight is 234 g/mol. The van der Waals surface area contributed by atoms with Gasteiger partial charge in [0.2, 0.25) is 0 Å². The second-order valence-electron chi connectivity index (χ2n) is 3.10. The maximum atomic E-state index is 11.1. The summed E-state index contributed by atoms with van der Waals surface area (Å²) in [6, 6.07) is 0. The molecule has 82 valence electrons. The Kier molecular flexibility index (Phi) is 9.62. The zero-order valence-corrected chi connectivity index (χ0v) is 10.5. The van der Waals surface area contributed by atoms with Gasteiger partial charge in [-0.2, -0.15) is 0 Å². The summed E-state index contributed by atoms with van der Waals surface area (Å²) < 4.78 is 0. The zero-order chi connectivity index (χ0) is 10.8. The van der Waals surface area contributed by atoms with Gasteiger partial charge in [-0.25, -0.2) is 0 Å². The Bertz CT molecular complexity index is 161. The van der Waals surface area contributed by atoms with E-state index in [1.54, 1.807) is 0 Å². The van der Waals surface area contributed by atoms with Crippen LogP contribution in [-0.2, 0) is 9.59 Å². The van der Waals surface area contributed by atoms with Crippen LogP contribution >= 0.6 is 21.6 Å². The number of carbonyl (C=O) groups excluding carboxylic acids is 2. The van der Waals surface area contributed by atoms with Gasteiger partial charge in [0.05, 0.1) is 11.5 Å². The molecule has 0 fully saturated rings. The number of Topliss-reactive ketones (excluding diaryl/α,β-unsaturated/α-hetero) is 2. The first-order valence-electron chi connectivity index (χ1n) is 4.98. The highest BCUT2D eigenvalue weighted by Gasteiger charge is 2.03. The highest BCUT2D eigenvalue weighted by molar-refractivity contribution is 8.77. The van der Waals surface area contributed by atoms with E-state index in [2.05, 4.69) is 0 Å². The van der Waals surface area contributed by atoms with Gasteiger partial charge in [0.25, 0.3) is 0 Å². The van der Waals surface area contributed by atoms with Crippen molar-refractivity contribution in [3.05, 3.63) is 0 Å². The standard InChI is InChI=1S/C10H18O2S2/c1-3-5-9(11)7-13-14-8-10(12)6-4-2/h3-8H2,1-2H3. The van der Waals surface area contributed by atoms with Gasteiger partial charge < -0.3 is 0 Å². The average Bonchev–Trinajstić information content (AvgIpc) is 2.13. The van der Waals surface area contributed by atoms with Crippen molar-refractivity contribution in [2.75, 3.05) is 11.5 Å². The summed E-state index contributed by atoms with van der Waals surface area (Å²) in [5.41, 5.74) is 0. The van der Waals surface area contributed by atoms with Crippen molar-refractivity contribution >= 4 is 33.2 Å². The predicted molar refractivity (Wildman–Crippen MR) is 64.7 cm³/mol. The van der Waals surface area contributed by atoms with E-state index in [1.807, 2.05) is 13.8 Å². The van der Waals surface area contributed by atoms with E-state index in [-0.39, 0.29) is 11.6 Å². The normalized spacial score (nSPS) is 10.1. The quantitative estimate of drug-likeness (QED) is 0.453. The molecule has 0 spiro atoms. The molecule has 0 atom stereocenters. The van der Waals surface area contributed by atoms with Crippen LogP contribution in [0.5, 0.6) is 0 Å². The smallest absolute Gasteiger partial charge is 0.143 e. The molecule has 0 radical (unpaired) electrons. The van der Waals surface area contributed by atoms with Gasteiger partial charge in [0, 0.05) is 12.8 Å². The molecule has 0 aliphatic carbocycles. The number of hydrogen-bond acceptors (Lipinski definition) is 4. The molecule has 0 saturated carbocycles. The van der Waals surface area contributed by atoms with Crippen LogP contribution in [0, 0.1) is 0 Å². The SMILES string of the molecule is CCCC(=O)CSSCC(=O)CCC. The van der Waals surface area contributed by atoms with Gasteiger partial charge in [0.15, 0.2) is 0 Å². The minimum Gasteiger partial charge on any atom is -0.299 e. The van der Waals surface area contributed by atoms with Gasteiger partial charge in [-0.05, 0) is 12.8 Å². The molecule has 0 aromatic heterocycles. The molecule has 4 heteroatoms. The lowest BCUT2D eigenvalue weighted by Gasteiger charge is -1.99. The maximum Gasteiger partial charge on any atom is 0.143 e. The van der Waals surface area contributed by atoms with E-state index >= 15 is 0 Å². The van der Waals surface area contributed by atoms with Crippen molar-refractivity contribution in [3.63, 3.8) is 0 Å². The number of rotatable bonds is 9. The van der Waals surface area contributed by atoms with Crippen molar-refractivity contribution in [2.45, 2.75) is 39.5 Å². The van der Waals surface area contributed by atoms with Crippen LogP contribution in [0.4, 0.5) is 0 Å². The number of hydrogen-bond donors (Lipinski definition) is 0.